The van der Waals surface area contributed by atoms with Crippen molar-refractivity contribution in [2.24, 2.45) is 11.3 Å². The van der Waals surface area contributed by atoms with Gasteiger partial charge in [0.25, 0.3) is 0 Å². The van der Waals surface area contributed by atoms with Crippen LogP contribution in [0.25, 0.3) is 11.3 Å². The van der Waals surface area contributed by atoms with E-state index in [0.29, 0.717) is 46.8 Å². The molecule has 4 heterocycles. The van der Waals surface area contributed by atoms with E-state index >= 15 is 0 Å². The maximum atomic E-state index is 14.6. The van der Waals surface area contributed by atoms with Gasteiger partial charge in [-0.3, -0.25) is 4.98 Å². The first-order chi connectivity index (χ1) is 18.7. The number of halogens is 2. The lowest BCUT2D eigenvalue weighted by Gasteiger charge is -2.33. The van der Waals surface area contributed by atoms with Gasteiger partial charge in [0.05, 0.1) is 22.2 Å². The molecule has 2 aliphatic heterocycles. The zero-order valence-corrected chi connectivity index (χ0v) is 24.3. The molecule has 2 aromatic rings. The van der Waals surface area contributed by atoms with Gasteiger partial charge in [-0.25, -0.2) is 17.8 Å². The number of sulfone groups is 1. The maximum absolute atomic E-state index is 14.6. The first kappa shape index (κ1) is 28.7. The van der Waals surface area contributed by atoms with Crippen LogP contribution >= 0.6 is 11.6 Å². The average Bonchev–Trinajstić information content (AvgIpc) is 2.92. The van der Waals surface area contributed by atoms with E-state index < -0.39 is 9.84 Å². The number of rotatable bonds is 8. The summed E-state index contributed by atoms with van der Waals surface area (Å²) in [5.74, 6) is 1.02. The van der Waals surface area contributed by atoms with Crippen molar-refractivity contribution < 1.29 is 17.5 Å². The molecule has 10 heteroatoms. The van der Waals surface area contributed by atoms with Crippen LogP contribution in [-0.2, 0) is 21.0 Å². The van der Waals surface area contributed by atoms with Gasteiger partial charge in [-0.15, -0.1) is 0 Å². The number of nitrogens with one attached hydrogen (secondary N) is 2. The van der Waals surface area contributed by atoms with Gasteiger partial charge >= 0.3 is 0 Å². The van der Waals surface area contributed by atoms with E-state index in [4.69, 9.17) is 16.3 Å². The highest BCUT2D eigenvalue weighted by Crippen LogP contribution is 2.33. The number of aromatic nitrogens is 2. The van der Waals surface area contributed by atoms with Crippen LogP contribution in [-0.4, -0.2) is 61.7 Å². The summed E-state index contributed by atoms with van der Waals surface area (Å²) in [5.41, 5.74) is 2.42. The molecule has 39 heavy (non-hydrogen) atoms. The normalized spacial score (nSPS) is 25.3. The largest absolute Gasteiger partial charge is 0.381 e. The second-order valence-corrected chi connectivity index (χ2v) is 14.7. The number of pyridine rings is 2. The lowest BCUT2D eigenvalue weighted by molar-refractivity contribution is 0.0299. The minimum atomic E-state index is -2.83. The molecule has 2 N–H and O–H groups in total. The number of hydrogen-bond acceptors (Lipinski definition) is 7. The molecule has 0 atom stereocenters. The molecule has 0 aromatic carbocycles. The predicted molar refractivity (Wildman–Crippen MR) is 153 cm³/mol. The number of anilines is 1. The molecule has 1 saturated carbocycles. The molecule has 3 fully saturated rings. The fourth-order valence-corrected chi connectivity index (χ4v) is 7.75. The highest BCUT2D eigenvalue weighted by molar-refractivity contribution is 7.91. The maximum Gasteiger partial charge on any atom is 0.165 e. The lowest BCUT2D eigenvalue weighted by atomic mass is 9.82. The van der Waals surface area contributed by atoms with E-state index in [1.54, 1.807) is 12.3 Å². The zero-order chi connectivity index (χ0) is 27.5. The molecule has 0 unspecified atom stereocenters. The van der Waals surface area contributed by atoms with E-state index in [1.807, 2.05) is 6.07 Å². The van der Waals surface area contributed by atoms with Gasteiger partial charge in [-0.1, -0.05) is 18.5 Å². The fourth-order valence-electron chi connectivity index (χ4n) is 6.06. The van der Waals surface area contributed by atoms with Crippen LogP contribution in [0.15, 0.2) is 24.4 Å². The number of ether oxygens (including phenoxy) is 1. The molecule has 1 aliphatic carbocycles. The summed E-state index contributed by atoms with van der Waals surface area (Å²) < 4.78 is 43.5. The molecular weight excluding hydrogens is 539 g/mol. The van der Waals surface area contributed by atoms with Crippen molar-refractivity contribution in [3.63, 3.8) is 0 Å². The van der Waals surface area contributed by atoms with Crippen molar-refractivity contribution in [1.29, 1.82) is 0 Å². The molecule has 0 radical (unpaired) electrons. The fraction of sp³-hybridized carbons (Fsp3) is 0.655. The molecule has 7 nitrogen and oxygen atoms in total. The minimum Gasteiger partial charge on any atom is -0.381 e. The Kier molecular flexibility index (Phi) is 9.11. The third-order valence-electron chi connectivity index (χ3n) is 8.79. The van der Waals surface area contributed by atoms with Crippen LogP contribution < -0.4 is 10.6 Å². The molecular formula is C29H40ClFN4O3S. The number of hydrogen-bond donors (Lipinski definition) is 2. The molecule has 3 aliphatic rings. The van der Waals surface area contributed by atoms with Crippen LogP contribution in [0, 0.1) is 17.2 Å². The summed E-state index contributed by atoms with van der Waals surface area (Å²) in [7, 11) is -2.83. The molecule has 0 spiro atoms. The third kappa shape index (κ3) is 7.69. The summed E-state index contributed by atoms with van der Waals surface area (Å²) in [4.78, 5) is 9.20. The van der Waals surface area contributed by atoms with Gasteiger partial charge in [0.1, 0.15) is 9.84 Å². The first-order valence-electron chi connectivity index (χ1n) is 14.3. The van der Waals surface area contributed by atoms with Crippen LogP contribution in [0.3, 0.4) is 0 Å². The van der Waals surface area contributed by atoms with Gasteiger partial charge in [-0.05, 0) is 87.3 Å². The Morgan fingerprint density at radius 1 is 1.08 bits per heavy atom. The van der Waals surface area contributed by atoms with Crippen LogP contribution in [0.5, 0.6) is 0 Å². The first-order valence-corrected chi connectivity index (χ1v) is 16.5. The summed E-state index contributed by atoms with van der Waals surface area (Å²) in [5, 5.41) is 7.45. The second-order valence-electron chi connectivity index (χ2n) is 12.0. The molecule has 214 valence electrons. The van der Waals surface area contributed by atoms with Crippen LogP contribution in [0.1, 0.15) is 64.0 Å². The standard InChI is InChI=1S/C29H40ClFN4O3S/c1-29(10-12-38-13-11-29)19-33-28-26(31)6-7-27(35-28)24-17-23(32-18-25(24)30)16-20-2-4-21(5-3-20)34-22-8-14-39(36,37)15-9-22/h6-7,17-18,20-22,34H,2-5,8-16,19H2,1H3,(H,33,35). The molecule has 5 rings (SSSR count). The average molecular weight is 579 g/mol. The number of nitrogens with zero attached hydrogens (tertiary/aromatic N) is 2. The van der Waals surface area contributed by atoms with Crippen LogP contribution in [0.4, 0.5) is 10.2 Å². The van der Waals surface area contributed by atoms with E-state index in [9.17, 15) is 12.8 Å². The van der Waals surface area contributed by atoms with Crippen molar-refractivity contribution in [1.82, 2.24) is 15.3 Å². The Hall–Kier alpha value is -1.81. The van der Waals surface area contributed by atoms with Crippen LogP contribution in [0.2, 0.25) is 5.02 Å². The lowest BCUT2D eigenvalue weighted by Crippen LogP contribution is -2.44. The minimum absolute atomic E-state index is 0.0510. The Morgan fingerprint density at radius 3 is 2.49 bits per heavy atom. The molecule has 0 amide bonds. The van der Waals surface area contributed by atoms with Gasteiger partial charge in [-0.2, -0.15) is 0 Å². The SMILES string of the molecule is CC1(CNc2nc(-c3cc(CC4CCC(NC5CCS(=O)(=O)CC5)CC4)ncc3Cl)ccc2F)CCOCC1. The third-order valence-corrected chi connectivity index (χ3v) is 10.8. The van der Waals surface area contributed by atoms with E-state index in [2.05, 4.69) is 27.5 Å². The smallest absolute Gasteiger partial charge is 0.165 e. The van der Waals surface area contributed by atoms with E-state index in [1.165, 1.54) is 6.07 Å². The summed E-state index contributed by atoms with van der Waals surface area (Å²) in [6.45, 7) is 4.29. The van der Waals surface area contributed by atoms with Gasteiger partial charge < -0.3 is 15.4 Å². The van der Waals surface area contributed by atoms with Gasteiger partial charge in [0.2, 0.25) is 0 Å². The predicted octanol–water partition coefficient (Wildman–Crippen LogP) is 5.43. The van der Waals surface area contributed by atoms with E-state index in [0.717, 1.165) is 82.3 Å². The van der Waals surface area contributed by atoms with Crippen molar-refractivity contribution in [3.05, 3.63) is 40.9 Å². The summed E-state index contributed by atoms with van der Waals surface area (Å²) >= 11 is 6.54. The molecule has 2 saturated heterocycles. The molecule has 0 bridgehead atoms. The van der Waals surface area contributed by atoms with Gasteiger partial charge in [0, 0.05) is 49.3 Å². The topological polar surface area (TPSA) is 93.2 Å². The highest BCUT2D eigenvalue weighted by Gasteiger charge is 2.29. The van der Waals surface area contributed by atoms with Crippen molar-refractivity contribution in [2.75, 3.05) is 36.6 Å². The molecule has 2 aromatic heterocycles. The summed E-state index contributed by atoms with van der Waals surface area (Å²) in [6, 6.07) is 5.90. The summed E-state index contributed by atoms with van der Waals surface area (Å²) in [6.07, 6.45) is 10.3. The highest BCUT2D eigenvalue weighted by atomic mass is 35.5. The van der Waals surface area contributed by atoms with Gasteiger partial charge in [0.15, 0.2) is 11.6 Å². The Morgan fingerprint density at radius 2 is 1.77 bits per heavy atom. The van der Waals surface area contributed by atoms with Crippen molar-refractivity contribution in [3.8, 4) is 11.3 Å². The van der Waals surface area contributed by atoms with Crippen molar-refractivity contribution >= 4 is 27.3 Å². The van der Waals surface area contributed by atoms with Crippen molar-refractivity contribution in [2.45, 2.75) is 76.8 Å². The Bertz CT molecular complexity index is 1230. The Balaban J connectivity index is 1.18. The quantitative estimate of drug-likeness (QED) is 0.431. The van der Waals surface area contributed by atoms with E-state index in [-0.39, 0.29) is 17.1 Å². The monoisotopic (exact) mass is 578 g/mol. The second kappa shape index (κ2) is 12.4. The Labute approximate surface area is 236 Å². The zero-order valence-electron chi connectivity index (χ0n) is 22.7.